The van der Waals surface area contributed by atoms with E-state index >= 15 is 0 Å². The molecule has 1 saturated heterocycles. The molecule has 6 rings (SSSR count). The van der Waals surface area contributed by atoms with Crippen LogP contribution in [0.5, 0.6) is 0 Å². The first kappa shape index (κ1) is 17.6. The van der Waals surface area contributed by atoms with E-state index in [9.17, 15) is 4.79 Å². The Bertz CT molecular complexity index is 1150. The SMILES string of the molecule is O=C1CCNc2c1c(N1CCOCC1)nc1c(C3=CC4C=CC=CC4N=C3)cnn21. The van der Waals surface area contributed by atoms with E-state index in [-0.39, 0.29) is 17.7 Å². The number of rotatable bonds is 2. The molecule has 0 saturated carbocycles. The number of Topliss-reactive ketones (excluding diaryl/α,β-unsaturated/α-hetero) is 1. The minimum Gasteiger partial charge on any atom is -0.378 e. The number of ketones is 1. The van der Waals surface area contributed by atoms with Crippen molar-refractivity contribution in [1.82, 2.24) is 14.6 Å². The second-order valence-corrected chi connectivity index (χ2v) is 7.89. The van der Waals surface area contributed by atoms with Gasteiger partial charge in [0.15, 0.2) is 11.4 Å². The number of hydrogen-bond donors (Lipinski definition) is 1. The second kappa shape index (κ2) is 6.91. The first-order valence-electron chi connectivity index (χ1n) is 10.4. The Hall–Kier alpha value is -3.26. The van der Waals surface area contributed by atoms with E-state index in [0.717, 1.165) is 41.5 Å². The summed E-state index contributed by atoms with van der Waals surface area (Å²) in [5, 5.41) is 7.98. The molecule has 0 radical (unpaired) electrons. The molecule has 0 bridgehead atoms. The molecule has 8 heteroatoms. The van der Waals surface area contributed by atoms with Gasteiger partial charge in [0.25, 0.3) is 0 Å². The Labute approximate surface area is 173 Å². The van der Waals surface area contributed by atoms with Crippen molar-refractivity contribution in [3.05, 3.63) is 47.7 Å². The molecule has 2 unspecified atom stereocenters. The summed E-state index contributed by atoms with van der Waals surface area (Å²) in [6.45, 7) is 3.31. The summed E-state index contributed by atoms with van der Waals surface area (Å²) in [6, 6.07) is 0.157. The van der Waals surface area contributed by atoms with Gasteiger partial charge in [-0.2, -0.15) is 9.61 Å². The molecular weight excluding hydrogens is 380 g/mol. The van der Waals surface area contributed by atoms with Crippen molar-refractivity contribution < 1.29 is 9.53 Å². The molecule has 2 aromatic rings. The van der Waals surface area contributed by atoms with Crippen molar-refractivity contribution in [2.45, 2.75) is 12.5 Å². The average molecular weight is 402 g/mol. The summed E-state index contributed by atoms with van der Waals surface area (Å²) in [5.41, 5.74) is 3.31. The lowest BCUT2D eigenvalue weighted by atomic mass is 9.90. The van der Waals surface area contributed by atoms with Crippen LogP contribution in [-0.4, -0.2) is 65.5 Å². The van der Waals surface area contributed by atoms with Gasteiger partial charge in [0.1, 0.15) is 17.2 Å². The van der Waals surface area contributed by atoms with Crippen LogP contribution in [0.2, 0.25) is 0 Å². The van der Waals surface area contributed by atoms with Crippen molar-refractivity contribution in [3.63, 3.8) is 0 Å². The summed E-state index contributed by atoms with van der Waals surface area (Å²) >= 11 is 0. The van der Waals surface area contributed by atoms with Crippen molar-refractivity contribution >= 4 is 34.9 Å². The van der Waals surface area contributed by atoms with Gasteiger partial charge in [0.2, 0.25) is 0 Å². The van der Waals surface area contributed by atoms with Gasteiger partial charge in [-0.3, -0.25) is 9.79 Å². The number of anilines is 2. The number of carbonyl (C=O) groups excluding carboxylic acids is 1. The van der Waals surface area contributed by atoms with Gasteiger partial charge in [-0.15, -0.1) is 0 Å². The summed E-state index contributed by atoms with van der Waals surface area (Å²) in [5.74, 6) is 1.81. The number of fused-ring (bicyclic) bond motifs is 4. The minimum atomic E-state index is 0.108. The van der Waals surface area contributed by atoms with Crippen molar-refractivity contribution in [2.75, 3.05) is 43.1 Å². The van der Waals surface area contributed by atoms with E-state index in [1.165, 1.54) is 0 Å². The number of dihydropyridines is 1. The lowest BCUT2D eigenvalue weighted by molar-refractivity contribution is 0.0980. The van der Waals surface area contributed by atoms with Crippen LogP contribution in [0.3, 0.4) is 0 Å². The Morgan fingerprint density at radius 3 is 2.93 bits per heavy atom. The maximum atomic E-state index is 12.8. The van der Waals surface area contributed by atoms with Crippen LogP contribution in [0.4, 0.5) is 11.6 Å². The average Bonchev–Trinajstić information content (AvgIpc) is 3.23. The van der Waals surface area contributed by atoms with Crippen LogP contribution in [0.25, 0.3) is 11.2 Å². The van der Waals surface area contributed by atoms with Gasteiger partial charge >= 0.3 is 0 Å². The van der Waals surface area contributed by atoms with Crippen molar-refractivity contribution in [2.24, 2.45) is 10.9 Å². The number of allylic oxidation sites excluding steroid dienone is 3. The van der Waals surface area contributed by atoms with Crippen LogP contribution >= 0.6 is 0 Å². The first-order chi connectivity index (χ1) is 14.8. The summed E-state index contributed by atoms with van der Waals surface area (Å²) in [6.07, 6.45) is 14.8. The van der Waals surface area contributed by atoms with Crippen molar-refractivity contribution in [1.29, 1.82) is 0 Å². The summed E-state index contributed by atoms with van der Waals surface area (Å²) in [7, 11) is 0. The van der Waals surface area contributed by atoms with E-state index < -0.39 is 0 Å². The smallest absolute Gasteiger partial charge is 0.172 e. The van der Waals surface area contributed by atoms with Crippen LogP contribution in [0.15, 0.2) is 41.6 Å². The summed E-state index contributed by atoms with van der Waals surface area (Å²) in [4.78, 5) is 24.7. The Morgan fingerprint density at radius 2 is 2.03 bits per heavy atom. The maximum Gasteiger partial charge on any atom is 0.172 e. The molecule has 2 aromatic heterocycles. The molecule has 0 amide bonds. The van der Waals surface area contributed by atoms with Gasteiger partial charge < -0.3 is 15.0 Å². The maximum absolute atomic E-state index is 12.8. The quantitative estimate of drug-likeness (QED) is 0.829. The van der Waals surface area contributed by atoms with E-state index in [0.29, 0.717) is 31.7 Å². The van der Waals surface area contributed by atoms with Crippen LogP contribution < -0.4 is 10.2 Å². The highest BCUT2D eigenvalue weighted by Crippen LogP contribution is 2.35. The van der Waals surface area contributed by atoms with Gasteiger partial charge in [-0.25, -0.2) is 4.98 Å². The van der Waals surface area contributed by atoms with E-state index in [1.54, 1.807) is 4.52 Å². The molecule has 0 spiro atoms. The van der Waals surface area contributed by atoms with Gasteiger partial charge in [-0.1, -0.05) is 30.4 Å². The largest absolute Gasteiger partial charge is 0.378 e. The zero-order valence-electron chi connectivity index (χ0n) is 16.5. The fourth-order valence-electron chi connectivity index (χ4n) is 4.52. The first-order valence-corrected chi connectivity index (χ1v) is 10.4. The molecule has 1 aliphatic carbocycles. The Kier molecular flexibility index (Phi) is 4.05. The molecule has 8 nitrogen and oxygen atoms in total. The highest BCUT2D eigenvalue weighted by atomic mass is 16.5. The predicted octanol–water partition coefficient (Wildman–Crippen LogP) is 2.14. The fourth-order valence-corrected chi connectivity index (χ4v) is 4.52. The summed E-state index contributed by atoms with van der Waals surface area (Å²) < 4.78 is 7.27. The van der Waals surface area contributed by atoms with Crippen LogP contribution in [0.1, 0.15) is 22.3 Å². The van der Waals surface area contributed by atoms with Gasteiger partial charge in [0.05, 0.1) is 25.5 Å². The second-order valence-electron chi connectivity index (χ2n) is 7.89. The van der Waals surface area contributed by atoms with Crippen molar-refractivity contribution in [3.8, 4) is 0 Å². The normalized spacial score (nSPS) is 25.1. The zero-order valence-corrected chi connectivity index (χ0v) is 16.5. The molecule has 0 aromatic carbocycles. The third-order valence-electron chi connectivity index (χ3n) is 6.08. The molecule has 4 aliphatic rings. The number of morpholine rings is 1. The molecule has 30 heavy (non-hydrogen) atoms. The van der Waals surface area contributed by atoms with E-state index in [4.69, 9.17) is 14.7 Å². The number of nitrogens with one attached hydrogen (secondary N) is 1. The lowest BCUT2D eigenvalue weighted by Gasteiger charge is -2.31. The third kappa shape index (κ3) is 2.71. The van der Waals surface area contributed by atoms with E-state index in [2.05, 4.69) is 39.6 Å². The Morgan fingerprint density at radius 1 is 1.17 bits per heavy atom. The standard InChI is InChI=1S/C22H22N6O2/c29-18-5-6-23-21-19(18)22(27-7-9-30-10-8-27)26-20-16(13-25-28(20)21)15-11-14-3-1-2-4-17(14)24-12-15/h1-4,11-14,17,23H,5-10H2. The molecule has 152 valence electrons. The topological polar surface area (TPSA) is 84.1 Å². The van der Waals surface area contributed by atoms with Crippen LogP contribution in [0, 0.1) is 5.92 Å². The molecule has 5 heterocycles. The third-order valence-corrected chi connectivity index (χ3v) is 6.08. The number of aliphatic imine (C=N–C) groups is 1. The number of carbonyl (C=O) groups is 1. The monoisotopic (exact) mass is 402 g/mol. The molecule has 2 atom stereocenters. The molecular formula is C22H22N6O2. The predicted molar refractivity (Wildman–Crippen MR) is 115 cm³/mol. The highest BCUT2D eigenvalue weighted by molar-refractivity contribution is 6.13. The van der Waals surface area contributed by atoms with Gasteiger partial charge in [0, 0.05) is 49.3 Å². The molecule has 1 fully saturated rings. The number of aromatic nitrogens is 3. The Balaban J connectivity index is 1.52. The van der Waals surface area contributed by atoms with Gasteiger partial charge in [-0.05, 0) is 0 Å². The molecule has 1 N–H and O–H groups in total. The fraction of sp³-hybridized carbons (Fsp3) is 0.364. The number of hydrogen-bond acceptors (Lipinski definition) is 7. The van der Waals surface area contributed by atoms with Crippen LogP contribution in [-0.2, 0) is 4.74 Å². The molecule has 3 aliphatic heterocycles. The minimum absolute atomic E-state index is 0.108. The zero-order chi connectivity index (χ0) is 20.1. The number of nitrogens with zero attached hydrogens (tertiary/aromatic N) is 5. The van der Waals surface area contributed by atoms with E-state index in [1.807, 2.05) is 18.5 Å². The highest BCUT2D eigenvalue weighted by Gasteiger charge is 2.30. The lowest BCUT2D eigenvalue weighted by Crippen LogP contribution is -2.38. The number of ether oxygens (including phenoxy) is 1.